The van der Waals surface area contributed by atoms with Crippen LogP contribution < -0.4 is 10.0 Å². The van der Waals surface area contributed by atoms with Gasteiger partial charge in [0.25, 0.3) is 0 Å². The summed E-state index contributed by atoms with van der Waals surface area (Å²) >= 11 is 0. The quantitative estimate of drug-likeness (QED) is 0.518. The number of rotatable bonds is 9. The Kier molecular flexibility index (Phi) is 5.42. The van der Waals surface area contributed by atoms with Gasteiger partial charge >= 0.3 is 0 Å². The van der Waals surface area contributed by atoms with Crippen molar-refractivity contribution in [1.29, 1.82) is 0 Å². The highest BCUT2D eigenvalue weighted by atomic mass is 32.2. The van der Waals surface area contributed by atoms with Crippen molar-refractivity contribution in [2.24, 2.45) is 0 Å². The van der Waals surface area contributed by atoms with Crippen LogP contribution in [0, 0.1) is 0 Å². The number of aryl methyl sites for hydroxylation is 1. The van der Waals surface area contributed by atoms with Gasteiger partial charge in [-0.05, 0) is 20.0 Å². The minimum atomic E-state index is -3.53. The summed E-state index contributed by atoms with van der Waals surface area (Å²) in [5.74, 6) is 0.639. The molecule has 0 aromatic carbocycles. The lowest BCUT2D eigenvalue weighted by molar-refractivity contribution is 0.560. The first-order valence-corrected chi connectivity index (χ1v) is 8.11. The van der Waals surface area contributed by atoms with E-state index in [-0.39, 0.29) is 11.4 Å². The number of hydrogen-bond acceptors (Lipinski definition) is 6. The van der Waals surface area contributed by atoms with E-state index >= 15 is 0 Å². The minimum Gasteiger partial charge on any atom is -0.320 e. The van der Waals surface area contributed by atoms with Crippen molar-refractivity contribution < 1.29 is 8.42 Å². The first-order chi connectivity index (χ1) is 10.1. The molecule has 2 heterocycles. The van der Waals surface area contributed by atoms with Crippen molar-refractivity contribution in [2.45, 2.75) is 24.3 Å². The molecule has 0 atom stereocenters. The Morgan fingerprint density at radius 3 is 2.95 bits per heavy atom. The lowest BCUT2D eigenvalue weighted by Crippen LogP contribution is -2.26. The third-order valence-electron chi connectivity index (χ3n) is 2.85. The predicted molar refractivity (Wildman–Crippen MR) is 76.0 cm³/mol. The zero-order valence-corrected chi connectivity index (χ0v) is 12.6. The van der Waals surface area contributed by atoms with E-state index in [2.05, 4.69) is 30.3 Å². The van der Waals surface area contributed by atoms with Crippen LogP contribution in [-0.4, -0.2) is 53.5 Å². The fraction of sp³-hybridized carbons (Fsp3) is 0.545. The highest BCUT2D eigenvalue weighted by Crippen LogP contribution is 2.07. The summed E-state index contributed by atoms with van der Waals surface area (Å²) in [5, 5.41) is 13.5. The predicted octanol–water partition coefficient (Wildman–Crippen LogP) is -0.868. The molecule has 0 bridgehead atoms. The van der Waals surface area contributed by atoms with Crippen LogP contribution in [0.3, 0.4) is 0 Å². The first-order valence-electron chi connectivity index (χ1n) is 6.63. The van der Waals surface area contributed by atoms with Gasteiger partial charge in [0.1, 0.15) is 17.0 Å². The summed E-state index contributed by atoms with van der Waals surface area (Å²) < 4.78 is 28.3. The fourth-order valence-corrected chi connectivity index (χ4v) is 2.75. The van der Waals surface area contributed by atoms with Gasteiger partial charge < -0.3 is 5.32 Å². The Morgan fingerprint density at radius 2 is 2.24 bits per heavy atom. The van der Waals surface area contributed by atoms with Crippen LogP contribution in [0.5, 0.6) is 0 Å². The van der Waals surface area contributed by atoms with Crippen LogP contribution in [0.1, 0.15) is 12.2 Å². The second-order valence-electron chi connectivity index (χ2n) is 4.48. The third kappa shape index (κ3) is 4.62. The van der Waals surface area contributed by atoms with E-state index in [0.717, 1.165) is 13.0 Å². The molecule has 0 aliphatic rings. The molecular formula is C11H19N7O2S. The molecule has 10 heteroatoms. The maximum atomic E-state index is 12.1. The molecule has 0 spiro atoms. The molecule has 2 aromatic heterocycles. The Bertz CT molecular complexity index is 635. The van der Waals surface area contributed by atoms with E-state index in [1.165, 1.54) is 18.7 Å². The molecule has 3 N–H and O–H groups in total. The number of H-pyrrole nitrogens is 1. The number of sulfonamides is 1. The molecular weight excluding hydrogens is 294 g/mol. The molecule has 0 aliphatic carbocycles. The monoisotopic (exact) mass is 313 g/mol. The Hall–Kier alpha value is -1.78. The van der Waals surface area contributed by atoms with Crippen LogP contribution in [0.15, 0.2) is 23.6 Å². The maximum Gasteiger partial charge on any atom is 0.243 e. The van der Waals surface area contributed by atoms with Gasteiger partial charge in [-0.2, -0.15) is 10.2 Å². The van der Waals surface area contributed by atoms with Gasteiger partial charge in [-0.25, -0.2) is 18.1 Å². The minimum absolute atomic E-state index is 0.171. The van der Waals surface area contributed by atoms with Crippen LogP contribution in [0.2, 0.25) is 0 Å². The van der Waals surface area contributed by atoms with Crippen molar-refractivity contribution in [3.63, 3.8) is 0 Å². The fourth-order valence-electron chi connectivity index (χ4n) is 1.76. The van der Waals surface area contributed by atoms with Gasteiger partial charge in [0.15, 0.2) is 0 Å². The van der Waals surface area contributed by atoms with Gasteiger partial charge in [0.2, 0.25) is 10.0 Å². The van der Waals surface area contributed by atoms with E-state index < -0.39 is 10.0 Å². The Balaban J connectivity index is 1.86. The summed E-state index contributed by atoms with van der Waals surface area (Å²) in [6.45, 7) is 1.79. The van der Waals surface area contributed by atoms with Gasteiger partial charge in [0.05, 0.1) is 6.20 Å². The van der Waals surface area contributed by atoms with E-state index in [0.29, 0.717) is 18.8 Å². The van der Waals surface area contributed by atoms with Crippen LogP contribution in [-0.2, 0) is 23.0 Å². The maximum absolute atomic E-state index is 12.1. The molecule has 9 nitrogen and oxygen atoms in total. The largest absolute Gasteiger partial charge is 0.320 e. The van der Waals surface area contributed by atoms with Crippen LogP contribution in [0.4, 0.5) is 0 Å². The molecule has 21 heavy (non-hydrogen) atoms. The van der Waals surface area contributed by atoms with E-state index in [1.54, 1.807) is 4.68 Å². The van der Waals surface area contributed by atoms with E-state index in [4.69, 9.17) is 0 Å². The number of hydrogen-bond donors (Lipinski definition) is 3. The molecule has 0 unspecified atom stereocenters. The molecule has 116 valence electrons. The lowest BCUT2D eigenvalue weighted by atomic mass is 10.4. The highest BCUT2D eigenvalue weighted by molar-refractivity contribution is 7.89. The van der Waals surface area contributed by atoms with Gasteiger partial charge in [-0.3, -0.25) is 9.78 Å². The topological polar surface area (TPSA) is 118 Å². The van der Waals surface area contributed by atoms with Crippen molar-refractivity contribution >= 4 is 10.0 Å². The van der Waals surface area contributed by atoms with Gasteiger partial charge in [-0.15, -0.1) is 0 Å². The zero-order chi connectivity index (χ0) is 15.1. The van der Waals surface area contributed by atoms with Crippen LogP contribution >= 0.6 is 0 Å². The second-order valence-corrected chi connectivity index (χ2v) is 6.24. The molecule has 2 aromatic rings. The average Bonchev–Trinajstić information content (AvgIpc) is 3.10. The number of nitrogens with one attached hydrogen (secondary N) is 3. The normalized spacial score (nSPS) is 11.9. The van der Waals surface area contributed by atoms with Crippen LogP contribution in [0.25, 0.3) is 0 Å². The van der Waals surface area contributed by atoms with E-state index in [9.17, 15) is 8.42 Å². The summed E-state index contributed by atoms with van der Waals surface area (Å²) in [4.78, 5) is 4.10. The summed E-state index contributed by atoms with van der Waals surface area (Å²) in [7, 11) is -1.66. The number of aromatic amines is 1. The number of aromatic nitrogens is 5. The molecule has 0 aliphatic heterocycles. The second kappa shape index (κ2) is 7.29. The van der Waals surface area contributed by atoms with E-state index in [1.807, 2.05) is 7.05 Å². The summed E-state index contributed by atoms with van der Waals surface area (Å²) in [5.41, 5.74) is 0. The average molecular weight is 313 g/mol. The number of nitrogens with zero attached hydrogens (tertiary/aromatic N) is 4. The lowest BCUT2D eigenvalue weighted by Gasteiger charge is -2.03. The first kappa shape index (κ1) is 15.6. The third-order valence-corrected chi connectivity index (χ3v) is 4.27. The van der Waals surface area contributed by atoms with Crippen molar-refractivity contribution in [2.75, 3.05) is 20.1 Å². The van der Waals surface area contributed by atoms with Gasteiger partial charge in [-0.1, -0.05) is 0 Å². The zero-order valence-electron chi connectivity index (χ0n) is 11.8. The van der Waals surface area contributed by atoms with Crippen molar-refractivity contribution in [1.82, 2.24) is 35.0 Å². The molecule has 0 fully saturated rings. The Morgan fingerprint density at radius 1 is 1.38 bits per heavy atom. The SMILES string of the molecule is CNCCCn1cc(S(=O)(=O)NCCc2ncn[nH]2)cn1. The smallest absolute Gasteiger partial charge is 0.243 e. The standard InChI is InChI=1S/C11H19N7O2S/c1-12-4-2-6-18-8-10(7-15-18)21(19,20)16-5-3-11-13-9-14-17-11/h7-9,12,16H,2-6H2,1H3,(H,13,14,17). The summed E-state index contributed by atoms with van der Waals surface area (Å²) in [6.07, 6.45) is 5.62. The Labute approximate surface area is 123 Å². The molecule has 2 rings (SSSR count). The summed E-state index contributed by atoms with van der Waals surface area (Å²) in [6, 6.07) is 0. The van der Waals surface area contributed by atoms with Crippen molar-refractivity contribution in [3.05, 3.63) is 24.5 Å². The van der Waals surface area contributed by atoms with Gasteiger partial charge in [0, 0.05) is 25.7 Å². The molecule has 0 saturated heterocycles. The highest BCUT2D eigenvalue weighted by Gasteiger charge is 2.16. The molecule has 0 amide bonds. The molecule has 0 radical (unpaired) electrons. The van der Waals surface area contributed by atoms with Crippen molar-refractivity contribution in [3.8, 4) is 0 Å². The molecule has 0 saturated carbocycles.